The van der Waals surface area contributed by atoms with Gasteiger partial charge in [0, 0.05) is 12.3 Å². The second kappa shape index (κ2) is 6.21. The number of hydrogen-bond acceptors (Lipinski definition) is 7. The third-order valence-electron chi connectivity index (χ3n) is 2.84. The largest absolute Gasteiger partial charge is 0.461 e. The summed E-state index contributed by atoms with van der Waals surface area (Å²) in [4.78, 5) is 19.8. The zero-order chi connectivity index (χ0) is 15.4. The van der Waals surface area contributed by atoms with Gasteiger partial charge >= 0.3 is 5.97 Å². The minimum atomic E-state index is -0.508. The molecule has 3 aromatic heterocycles. The SMILES string of the molecule is CCOC(=O)c1coc(Cc2cc(-c3ccccn3)on2)n1. The summed E-state index contributed by atoms with van der Waals surface area (Å²) in [6, 6.07) is 7.28. The van der Waals surface area contributed by atoms with E-state index in [0.717, 1.165) is 0 Å². The number of rotatable bonds is 5. The first kappa shape index (κ1) is 14.0. The highest BCUT2D eigenvalue weighted by molar-refractivity contribution is 5.86. The normalized spacial score (nSPS) is 10.6. The lowest BCUT2D eigenvalue weighted by Gasteiger charge is -1.94. The Morgan fingerprint density at radius 1 is 1.36 bits per heavy atom. The van der Waals surface area contributed by atoms with Gasteiger partial charge < -0.3 is 13.7 Å². The minimum Gasteiger partial charge on any atom is -0.461 e. The van der Waals surface area contributed by atoms with Crippen LogP contribution in [0.4, 0.5) is 0 Å². The van der Waals surface area contributed by atoms with E-state index in [1.807, 2.05) is 18.2 Å². The van der Waals surface area contributed by atoms with Crippen LogP contribution in [0.15, 0.2) is 45.7 Å². The monoisotopic (exact) mass is 299 g/mol. The van der Waals surface area contributed by atoms with E-state index in [1.165, 1.54) is 6.26 Å². The van der Waals surface area contributed by atoms with Gasteiger partial charge in [-0.3, -0.25) is 4.98 Å². The summed E-state index contributed by atoms with van der Waals surface area (Å²) < 4.78 is 15.3. The molecule has 3 rings (SSSR count). The zero-order valence-electron chi connectivity index (χ0n) is 11.9. The molecule has 3 aromatic rings. The van der Waals surface area contributed by atoms with Crippen LogP contribution in [0.2, 0.25) is 0 Å². The van der Waals surface area contributed by atoms with E-state index in [0.29, 0.717) is 29.5 Å². The van der Waals surface area contributed by atoms with Crippen molar-refractivity contribution in [3.63, 3.8) is 0 Å². The number of ether oxygens (including phenoxy) is 1. The molecule has 112 valence electrons. The smallest absolute Gasteiger partial charge is 0.360 e. The summed E-state index contributed by atoms with van der Waals surface area (Å²) in [5.41, 5.74) is 1.48. The molecule has 7 heteroatoms. The molecule has 0 saturated heterocycles. The Morgan fingerprint density at radius 3 is 3.05 bits per heavy atom. The van der Waals surface area contributed by atoms with Crippen molar-refractivity contribution in [2.45, 2.75) is 13.3 Å². The molecule has 22 heavy (non-hydrogen) atoms. The van der Waals surface area contributed by atoms with Gasteiger partial charge in [0.2, 0.25) is 5.89 Å². The Kier molecular flexibility index (Phi) is 3.95. The van der Waals surface area contributed by atoms with Crippen LogP contribution in [0, 0.1) is 0 Å². The van der Waals surface area contributed by atoms with Crippen LogP contribution < -0.4 is 0 Å². The molecule has 0 spiro atoms. The fourth-order valence-electron chi connectivity index (χ4n) is 1.87. The van der Waals surface area contributed by atoms with Gasteiger partial charge in [-0.2, -0.15) is 0 Å². The Balaban J connectivity index is 1.72. The fourth-order valence-corrected chi connectivity index (χ4v) is 1.87. The lowest BCUT2D eigenvalue weighted by molar-refractivity contribution is 0.0519. The highest BCUT2D eigenvalue weighted by atomic mass is 16.5. The van der Waals surface area contributed by atoms with E-state index in [1.54, 1.807) is 19.2 Å². The van der Waals surface area contributed by atoms with Gasteiger partial charge in [0.1, 0.15) is 12.0 Å². The van der Waals surface area contributed by atoms with Crippen molar-refractivity contribution in [2.24, 2.45) is 0 Å². The molecule has 0 aliphatic heterocycles. The molecule has 0 unspecified atom stereocenters. The average Bonchev–Trinajstić information content (AvgIpc) is 3.18. The van der Waals surface area contributed by atoms with Crippen molar-refractivity contribution in [2.75, 3.05) is 6.61 Å². The van der Waals surface area contributed by atoms with E-state index in [9.17, 15) is 4.79 Å². The van der Waals surface area contributed by atoms with Gasteiger partial charge in [-0.15, -0.1) is 0 Å². The molecule has 0 aliphatic rings. The van der Waals surface area contributed by atoms with Gasteiger partial charge in [-0.1, -0.05) is 11.2 Å². The summed E-state index contributed by atoms with van der Waals surface area (Å²) >= 11 is 0. The number of carbonyl (C=O) groups excluding carboxylic acids is 1. The molecule has 0 amide bonds. The van der Waals surface area contributed by atoms with Crippen molar-refractivity contribution in [3.8, 4) is 11.5 Å². The highest BCUT2D eigenvalue weighted by Gasteiger charge is 2.15. The molecule has 0 fully saturated rings. The molecule has 7 nitrogen and oxygen atoms in total. The number of hydrogen-bond donors (Lipinski definition) is 0. The maximum atomic E-state index is 11.5. The van der Waals surface area contributed by atoms with E-state index >= 15 is 0 Å². The van der Waals surface area contributed by atoms with E-state index in [2.05, 4.69) is 15.1 Å². The van der Waals surface area contributed by atoms with Crippen molar-refractivity contribution >= 4 is 5.97 Å². The standard InChI is InChI=1S/C15H13N3O4/c1-2-20-15(19)12-9-21-14(17-12)8-10-7-13(22-18-10)11-5-3-4-6-16-11/h3-7,9H,2,8H2,1H3. The third kappa shape index (κ3) is 3.03. The Hall–Kier alpha value is -2.96. The highest BCUT2D eigenvalue weighted by Crippen LogP contribution is 2.19. The predicted molar refractivity (Wildman–Crippen MR) is 75.0 cm³/mol. The number of pyridine rings is 1. The van der Waals surface area contributed by atoms with Crippen LogP contribution in [0.1, 0.15) is 29.0 Å². The fraction of sp³-hybridized carbons (Fsp3) is 0.200. The van der Waals surface area contributed by atoms with Gasteiger partial charge in [0.15, 0.2) is 11.5 Å². The number of nitrogens with zero attached hydrogens (tertiary/aromatic N) is 3. The molecule has 3 heterocycles. The van der Waals surface area contributed by atoms with E-state index in [-0.39, 0.29) is 12.3 Å². The maximum Gasteiger partial charge on any atom is 0.360 e. The molecule has 0 aromatic carbocycles. The second-order valence-electron chi connectivity index (χ2n) is 4.42. The molecular weight excluding hydrogens is 286 g/mol. The van der Waals surface area contributed by atoms with Gasteiger partial charge in [-0.25, -0.2) is 9.78 Å². The number of aromatic nitrogens is 3. The summed E-state index contributed by atoms with van der Waals surface area (Å²) in [5, 5.41) is 3.95. The summed E-state index contributed by atoms with van der Waals surface area (Å²) in [6.45, 7) is 2.02. The molecule has 0 atom stereocenters. The van der Waals surface area contributed by atoms with Crippen molar-refractivity contribution in [1.29, 1.82) is 0 Å². The van der Waals surface area contributed by atoms with Crippen molar-refractivity contribution < 1.29 is 18.5 Å². The summed E-state index contributed by atoms with van der Waals surface area (Å²) in [7, 11) is 0. The molecule has 0 bridgehead atoms. The van der Waals surface area contributed by atoms with Crippen molar-refractivity contribution in [3.05, 3.63) is 54.0 Å². The lowest BCUT2D eigenvalue weighted by atomic mass is 10.2. The number of oxazole rings is 1. The quantitative estimate of drug-likeness (QED) is 0.668. The van der Waals surface area contributed by atoms with Crippen LogP contribution in [-0.2, 0) is 11.2 Å². The average molecular weight is 299 g/mol. The van der Waals surface area contributed by atoms with Gasteiger partial charge in [0.05, 0.1) is 18.7 Å². The molecule has 0 aliphatic carbocycles. The lowest BCUT2D eigenvalue weighted by Crippen LogP contribution is -2.05. The number of carbonyl (C=O) groups is 1. The first-order valence-corrected chi connectivity index (χ1v) is 6.74. The van der Waals surface area contributed by atoms with Gasteiger partial charge in [0.25, 0.3) is 0 Å². The van der Waals surface area contributed by atoms with Crippen LogP contribution in [0.5, 0.6) is 0 Å². The van der Waals surface area contributed by atoms with Crippen molar-refractivity contribution in [1.82, 2.24) is 15.1 Å². The maximum absolute atomic E-state index is 11.5. The van der Waals surface area contributed by atoms with Crippen LogP contribution in [0.3, 0.4) is 0 Å². The molecule has 0 N–H and O–H groups in total. The minimum absolute atomic E-state index is 0.144. The number of esters is 1. The first-order chi connectivity index (χ1) is 10.8. The molecule has 0 saturated carbocycles. The summed E-state index contributed by atoms with van der Waals surface area (Å²) in [6.07, 6.45) is 3.26. The third-order valence-corrected chi connectivity index (χ3v) is 2.84. The Labute approximate surface area is 125 Å². The molecular formula is C15H13N3O4. The zero-order valence-corrected chi connectivity index (χ0v) is 11.9. The second-order valence-corrected chi connectivity index (χ2v) is 4.42. The topological polar surface area (TPSA) is 91.2 Å². The van der Waals surface area contributed by atoms with Crippen LogP contribution in [0.25, 0.3) is 11.5 Å². The van der Waals surface area contributed by atoms with Crippen LogP contribution >= 0.6 is 0 Å². The Morgan fingerprint density at radius 2 is 2.27 bits per heavy atom. The van der Waals surface area contributed by atoms with E-state index < -0.39 is 5.97 Å². The van der Waals surface area contributed by atoms with E-state index in [4.69, 9.17) is 13.7 Å². The molecule has 0 radical (unpaired) electrons. The predicted octanol–water partition coefficient (Wildman–Crippen LogP) is 2.49. The van der Waals surface area contributed by atoms with Crippen LogP contribution in [-0.4, -0.2) is 27.7 Å². The first-order valence-electron chi connectivity index (χ1n) is 6.74. The Bertz CT molecular complexity index is 764. The summed E-state index contributed by atoms with van der Waals surface area (Å²) in [5.74, 6) is 0.420. The van der Waals surface area contributed by atoms with Gasteiger partial charge in [-0.05, 0) is 19.1 Å².